The number of hydrogen-bond acceptors (Lipinski definition) is 6. The van der Waals surface area contributed by atoms with Crippen molar-refractivity contribution in [2.45, 2.75) is 57.5 Å². The molecule has 1 N–H and O–H groups in total. The van der Waals surface area contributed by atoms with Gasteiger partial charge in [-0.05, 0) is 73.1 Å². The van der Waals surface area contributed by atoms with E-state index in [0.29, 0.717) is 57.2 Å². The summed E-state index contributed by atoms with van der Waals surface area (Å²) in [5.41, 5.74) is 3.23. The Balaban J connectivity index is 1.20. The molecule has 0 unspecified atom stereocenters. The number of fused-ring (bicyclic) bond motifs is 1. The van der Waals surface area contributed by atoms with E-state index in [1.54, 1.807) is 0 Å². The first kappa shape index (κ1) is 29.2. The zero-order valence-electron chi connectivity index (χ0n) is 23.4. The summed E-state index contributed by atoms with van der Waals surface area (Å²) >= 11 is 0. The van der Waals surface area contributed by atoms with Gasteiger partial charge in [-0.25, -0.2) is 4.79 Å². The van der Waals surface area contributed by atoms with E-state index < -0.39 is 0 Å². The molecule has 0 aromatic heterocycles. The van der Waals surface area contributed by atoms with Crippen LogP contribution >= 0.6 is 0 Å². The molecule has 0 spiro atoms. The topological polar surface area (TPSA) is 66.0 Å². The molecule has 1 aliphatic carbocycles. The fraction of sp³-hybridized carbons (Fsp3) is 0.485. The maximum absolute atomic E-state index is 12.4. The van der Waals surface area contributed by atoms with Crippen molar-refractivity contribution < 1.29 is 23.7 Å². The van der Waals surface area contributed by atoms with Crippen LogP contribution in [0.4, 0.5) is 0 Å². The molecule has 0 amide bonds. The summed E-state index contributed by atoms with van der Waals surface area (Å²) < 4.78 is 21.4. The minimum atomic E-state index is -0.315. The number of hydrogen-bond donors (Lipinski definition) is 1. The number of benzene rings is 3. The van der Waals surface area contributed by atoms with Crippen LogP contribution in [-0.4, -0.2) is 58.3 Å². The first-order chi connectivity index (χ1) is 19.2. The van der Waals surface area contributed by atoms with Crippen LogP contribution in [0.15, 0.2) is 66.7 Å². The third-order valence-corrected chi connectivity index (χ3v) is 7.48. The summed E-state index contributed by atoms with van der Waals surface area (Å²) in [6.07, 6.45) is 4.67. The van der Waals surface area contributed by atoms with Gasteiger partial charge in [0, 0.05) is 18.7 Å². The van der Waals surface area contributed by atoms with Gasteiger partial charge in [0.25, 0.3) is 0 Å². The van der Waals surface area contributed by atoms with Crippen LogP contribution in [0.1, 0.15) is 73.0 Å². The van der Waals surface area contributed by atoms with E-state index in [1.165, 1.54) is 41.2 Å². The van der Waals surface area contributed by atoms with Crippen LogP contribution in [0.5, 0.6) is 0 Å². The predicted molar refractivity (Wildman–Crippen MR) is 155 cm³/mol. The quantitative estimate of drug-likeness (QED) is 0.179. The maximum Gasteiger partial charge on any atom is 0.338 e. The number of carbonyl (C=O) groups is 1. The van der Waals surface area contributed by atoms with Crippen molar-refractivity contribution in [2.24, 2.45) is 0 Å². The summed E-state index contributed by atoms with van der Waals surface area (Å²) in [5, 5.41) is 6.52. The van der Waals surface area contributed by atoms with Gasteiger partial charge < -0.3 is 24.3 Å². The third kappa shape index (κ3) is 8.87. The second-order valence-corrected chi connectivity index (χ2v) is 10.2. The Kier molecular flexibility index (Phi) is 11.8. The van der Waals surface area contributed by atoms with E-state index in [2.05, 4.69) is 66.8 Å². The Bertz CT molecular complexity index is 1140. The molecule has 0 radical (unpaired) electrons. The van der Waals surface area contributed by atoms with Crippen molar-refractivity contribution in [1.82, 2.24) is 5.32 Å². The molecule has 4 rings (SSSR count). The zero-order valence-corrected chi connectivity index (χ0v) is 23.4. The van der Waals surface area contributed by atoms with Gasteiger partial charge in [0.05, 0.1) is 38.6 Å². The summed E-state index contributed by atoms with van der Waals surface area (Å²) in [4.78, 5) is 12.4. The molecule has 39 heavy (non-hydrogen) atoms. The molecule has 6 heteroatoms. The Morgan fingerprint density at radius 3 is 2.31 bits per heavy atom. The van der Waals surface area contributed by atoms with Crippen molar-refractivity contribution in [3.05, 3.63) is 83.4 Å². The van der Waals surface area contributed by atoms with Gasteiger partial charge in [0.2, 0.25) is 0 Å². The normalized spacial score (nSPS) is 18.2. The molecule has 0 aliphatic heterocycles. The first-order valence-electron chi connectivity index (χ1n) is 14.4. The molecule has 1 fully saturated rings. The molecule has 1 aliphatic rings. The maximum atomic E-state index is 12.4. The SMILES string of the molecule is CCOCCOCCOCCOC(=O)c1ccc([C@H]2CCC[C@H](N[C@H](C)c3cccc4ccccc34)C2)cc1. The van der Waals surface area contributed by atoms with Gasteiger partial charge in [-0.2, -0.15) is 0 Å². The van der Waals surface area contributed by atoms with Crippen LogP contribution in [0, 0.1) is 0 Å². The summed E-state index contributed by atoms with van der Waals surface area (Å²) in [6, 6.07) is 23.9. The fourth-order valence-electron chi connectivity index (χ4n) is 5.47. The van der Waals surface area contributed by atoms with Crippen molar-refractivity contribution in [3.8, 4) is 0 Å². The molecular weight excluding hydrogens is 490 g/mol. The zero-order chi connectivity index (χ0) is 27.3. The van der Waals surface area contributed by atoms with Crippen LogP contribution < -0.4 is 5.32 Å². The molecule has 3 atom stereocenters. The van der Waals surface area contributed by atoms with E-state index in [4.69, 9.17) is 18.9 Å². The summed E-state index contributed by atoms with van der Waals surface area (Å²) in [7, 11) is 0. The smallest absolute Gasteiger partial charge is 0.338 e. The lowest BCUT2D eigenvalue weighted by Gasteiger charge is -2.32. The monoisotopic (exact) mass is 533 g/mol. The average molecular weight is 534 g/mol. The highest BCUT2D eigenvalue weighted by Crippen LogP contribution is 2.34. The predicted octanol–water partition coefficient (Wildman–Crippen LogP) is 6.44. The molecule has 0 bridgehead atoms. The van der Waals surface area contributed by atoms with Crippen molar-refractivity contribution in [1.29, 1.82) is 0 Å². The fourth-order valence-corrected chi connectivity index (χ4v) is 5.47. The van der Waals surface area contributed by atoms with Gasteiger partial charge in [-0.15, -0.1) is 0 Å². The summed E-state index contributed by atoms with van der Waals surface area (Å²) in [5.74, 6) is 0.176. The molecular formula is C33H43NO5. The molecule has 0 saturated heterocycles. The van der Waals surface area contributed by atoms with Crippen LogP contribution in [0.25, 0.3) is 10.8 Å². The lowest BCUT2D eigenvalue weighted by Crippen LogP contribution is -2.35. The number of esters is 1. The largest absolute Gasteiger partial charge is 0.460 e. The van der Waals surface area contributed by atoms with E-state index in [9.17, 15) is 4.79 Å². The van der Waals surface area contributed by atoms with E-state index in [0.717, 1.165) is 6.42 Å². The van der Waals surface area contributed by atoms with E-state index >= 15 is 0 Å². The van der Waals surface area contributed by atoms with Crippen molar-refractivity contribution in [3.63, 3.8) is 0 Å². The first-order valence-corrected chi connectivity index (χ1v) is 14.4. The molecule has 6 nitrogen and oxygen atoms in total. The Hall–Kier alpha value is -2.77. The van der Waals surface area contributed by atoms with Crippen LogP contribution in [0.3, 0.4) is 0 Å². The standard InChI is InChI=1S/C33H43NO5/c1-3-36-18-19-37-20-21-38-22-23-39-33(35)28-16-14-26(15-17-28)29-10-6-11-30(24-29)34-25(2)31-13-7-9-27-8-4-5-12-32(27)31/h4-5,7-9,12-17,25,29-30,34H,3,6,10-11,18-24H2,1-2H3/t25-,29+,30+/m1/s1. The van der Waals surface area contributed by atoms with Crippen LogP contribution in [0.2, 0.25) is 0 Å². The third-order valence-electron chi connectivity index (χ3n) is 7.48. The molecule has 3 aromatic rings. The number of carbonyl (C=O) groups excluding carboxylic acids is 1. The second kappa shape index (κ2) is 15.7. The molecule has 210 valence electrons. The van der Waals surface area contributed by atoms with Crippen LogP contribution in [-0.2, 0) is 18.9 Å². The molecule has 3 aromatic carbocycles. The lowest BCUT2D eigenvalue weighted by atomic mass is 9.81. The van der Waals surface area contributed by atoms with Gasteiger partial charge in [-0.3, -0.25) is 0 Å². The number of nitrogens with one attached hydrogen (secondary N) is 1. The number of ether oxygens (including phenoxy) is 4. The average Bonchev–Trinajstić information content (AvgIpc) is 2.98. The Morgan fingerprint density at radius 2 is 1.54 bits per heavy atom. The van der Waals surface area contributed by atoms with Gasteiger partial charge in [0.1, 0.15) is 6.61 Å². The molecule has 0 heterocycles. The highest BCUT2D eigenvalue weighted by atomic mass is 16.6. The van der Waals surface area contributed by atoms with E-state index in [-0.39, 0.29) is 18.6 Å². The van der Waals surface area contributed by atoms with Gasteiger partial charge in [-0.1, -0.05) is 61.0 Å². The Labute approximate surface area is 233 Å². The van der Waals surface area contributed by atoms with Gasteiger partial charge in [0.15, 0.2) is 0 Å². The van der Waals surface area contributed by atoms with E-state index in [1.807, 2.05) is 19.1 Å². The summed E-state index contributed by atoms with van der Waals surface area (Å²) in [6.45, 7) is 7.63. The Morgan fingerprint density at radius 1 is 0.846 bits per heavy atom. The minimum Gasteiger partial charge on any atom is -0.460 e. The van der Waals surface area contributed by atoms with Crippen molar-refractivity contribution in [2.75, 3.05) is 46.2 Å². The van der Waals surface area contributed by atoms with Gasteiger partial charge >= 0.3 is 5.97 Å². The highest BCUT2D eigenvalue weighted by Gasteiger charge is 2.25. The highest BCUT2D eigenvalue weighted by molar-refractivity contribution is 5.89. The van der Waals surface area contributed by atoms with Crippen molar-refractivity contribution >= 4 is 16.7 Å². The number of rotatable bonds is 15. The minimum absolute atomic E-state index is 0.227. The lowest BCUT2D eigenvalue weighted by molar-refractivity contribution is 0.00180. The second-order valence-electron chi connectivity index (χ2n) is 10.2. The molecule has 1 saturated carbocycles.